The van der Waals surface area contributed by atoms with E-state index >= 15 is 0 Å². The molecule has 3 rings (SSSR count). The van der Waals surface area contributed by atoms with Gasteiger partial charge in [-0.15, -0.1) is 24.0 Å². The molecule has 2 heterocycles. The number of halogens is 1. The standard InChI is InChI=1S/C25H42N4O2.HI/c1-5-26-24(28-18-21-11-8-14-31-23(21)25(2,3)4)27-17-20-9-6-7-10-22(20)19-29-12-15-30-16-13-29;/h6-7,9-10,21,23H,5,8,11-19H2,1-4H3,(H2,26,27,28);1H. The van der Waals surface area contributed by atoms with Crippen molar-refractivity contribution >= 4 is 29.9 Å². The Morgan fingerprint density at radius 1 is 1.09 bits per heavy atom. The topological polar surface area (TPSA) is 58.1 Å². The highest BCUT2D eigenvalue weighted by Crippen LogP contribution is 2.33. The maximum Gasteiger partial charge on any atom is 0.191 e. The Balaban J connectivity index is 0.00000363. The molecule has 0 spiro atoms. The van der Waals surface area contributed by atoms with Crippen LogP contribution < -0.4 is 10.6 Å². The van der Waals surface area contributed by atoms with Crippen LogP contribution in [0.3, 0.4) is 0 Å². The third kappa shape index (κ3) is 8.47. The number of rotatable bonds is 7. The zero-order chi connectivity index (χ0) is 22.1. The number of ether oxygens (including phenoxy) is 2. The quantitative estimate of drug-likeness (QED) is 0.301. The van der Waals surface area contributed by atoms with E-state index in [2.05, 4.69) is 67.5 Å². The van der Waals surface area contributed by atoms with Crippen molar-refractivity contribution in [3.63, 3.8) is 0 Å². The van der Waals surface area contributed by atoms with Gasteiger partial charge in [-0.25, -0.2) is 4.99 Å². The number of nitrogens with zero attached hydrogens (tertiary/aromatic N) is 2. The lowest BCUT2D eigenvalue weighted by Gasteiger charge is -2.40. The van der Waals surface area contributed by atoms with Crippen molar-refractivity contribution in [2.45, 2.75) is 59.7 Å². The molecule has 1 aromatic carbocycles. The third-order valence-corrected chi connectivity index (χ3v) is 6.20. The van der Waals surface area contributed by atoms with Crippen molar-refractivity contribution in [2.24, 2.45) is 16.3 Å². The lowest BCUT2D eigenvalue weighted by Crippen LogP contribution is -2.47. The Morgan fingerprint density at radius 3 is 2.50 bits per heavy atom. The molecule has 0 saturated carbocycles. The summed E-state index contributed by atoms with van der Waals surface area (Å²) in [5, 5.41) is 7.01. The van der Waals surface area contributed by atoms with E-state index < -0.39 is 0 Å². The number of nitrogens with one attached hydrogen (secondary N) is 2. The van der Waals surface area contributed by atoms with Gasteiger partial charge in [0.2, 0.25) is 0 Å². The maximum absolute atomic E-state index is 6.15. The molecule has 0 aromatic heterocycles. The van der Waals surface area contributed by atoms with Gasteiger partial charge in [0.05, 0.1) is 25.9 Å². The van der Waals surface area contributed by atoms with Crippen LogP contribution in [0.15, 0.2) is 29.3 Å². The minimum absolute atomic E-state index is 0. The summed E-state index contributed by atoms with van der Waals surface area (Å²) >= 11 is 0. The van der Waals surface area contributed by atoms with E-state index in [4.69, 9.17) is 14.5 Å². The molecule has 2 saturated heterocycles. The van der Waals surface area contributed by atoms with Crippen molar-refractivity contribution < 1.29 is 9.47 Å². The molecule has 2 aliphatic rings. The fraction of sp³-hybridized carbons (Fsp3) is 0.720. The predicted molar refractivity (Wildman–Crippen MR) is 143 cm³/mol. The molecule has 32 heavy (non-hydrogen) atoms. The predicted octanol–water partition coefficient (Wildman–Crippen LogP) is 4.03. The van der Waals surface area contributed by atoms with Gasteiger partial charge in [0.15, 0.2) is 5.96 Å². The molecule has 0 bridgehead atoms. The number of guanidine groups is 1. The van der Waals surface area contributed by atoms with Crippen molar-refractivity contribution in [3.05, 3.63) is 35.4 Å². The van der Waals surface area contributed by atoms with Crippen LogP contribution in [0.25, 0.3) is 0 Å². The Morgan fingerprint density at radius 2 is 1.81 bits per heavy atom. The van der Waals surface area contributed by atoms with Crippen LogP contribution in [0.1, 0.15) is 51.7 Å². The Hall–Kier alpha value is -0.900. The van der Waals surface area contributed by atoms with E-state index in [1.54, 1.807) is 0 Å². The highest BCUT2D eigenvalue weighted by Gasteiger charge is 2.35. The van der Waals surface area contributed by atoms with Crippen LogP contribution >= 0.6 is 24.0 Å². The summed E-state index contributed by atoms with van der Waals surface area (Å²) in [6.45, 7) is 16.9. The SMILES string of the molecule is CCNC(=NCc1ccccc1CN1CCOCC1)NCC1CCCOC1C(C)(C)C.I. The Bertz CT molecular complexity index is 701. The molecule has 0 amide bonds. The molecular weight excluding hydrogens is 515 g/mol. The van der Waals surface area contributed by atoms with Crippen molar-refractivity contribution in [1.29, 1.82) is 0 Å². The fourth-order valence-electron chi connectivity index (χ4n) is 4.61. The summed E-state index contributed by atoms with van der Waals surface area (Å²) < 4.78 is 11.6. The average molecular weight is 559 g/mol. The highest BCUT2D eigenvalue weighted by molar-refractivity contribution is 14.0. The molecule has 7 heteroatoms. The fourth-order valence-corrected chi connectivity index (χ4v) is 4.61. The largest absolute Gasteiger partial charge is 0.379 e. The molecule has 0 aliphatic carbocycles. The van der Waals surface area contributed by atoms with E-state index in [0.717, 1.165) is 64.9 Å². The van der Waals surface area contributed by atoms with Crippen molar-refractivity contribution in [1.82, 2.24) is 15.5 Å². The van der Waals surface area contributed by atoms with Crippen LogP contribution in [0, 0.1) is 11.3 Å². The second kappa shape index (κ2) is 13.7. The van der Waals surface area contributed by atoms with Gasteiger partial charge in [-0.2, -0.15) is 0 Å². The Kier molecular flexibility index (Phi) is 11.7. The lowest BCUT2D eigenvalue weighted by molar-refractivity contribution is -0.0835. The minimum Gasteiger partial charge on any atom is -0.379 e. The van der Waals surface area contributed by atoms with Gasteiger partial charge in [0.1, 0.15) is 0 Å². The van der Waals surface area contributed by atoms with Gasteiger partial charge in [-0.1, -0.05) is 45.0 Å². The van der Waals surface area contributed by atoms with E-state index in [-0.39, 0.29) is 35.5 Å². The first kappa shape index (κ1) is 27.3. The van der Waals surface area contributed by atoms with Crippen molar-refractivity contribution in [2.75, 3.05) is 46.0 Å². The van der Waals surface area contributed by atoms with Gasteiger partial charge >= 0.3 is 0 Å². The van der Waals surface area contributed by atoms with Crippen LogP contribution in [-0.4, -0.2) is 63.0 Å². The smallest absolute Gasteiger partial charge is 0.191 e. The summed E-state index contributed by atoms with van der Waals surface area (Å²) in [4.78, 5) is 7.38. The first-order chi connectivity index (χ1) is 15.0. The normalized spacial score (nSPS) is 22.8. The second-order valence-electron chi connectivity index (χ2n) is 9.79. The first-order valence-corrected chi connectivity index (χ1v) is 12.0. The van der Waals surface area contributed by atoms with Crippen molar-refractivity contribution in [3.8, 4) is 0 Å². The van der Waals surface area contributed by atoms with E-state index in [1.165, 1.54) is 17.5 Å². The molecule has 6 nitrogen and oxygen atoms in total. The average Bonchev–Trinajstić information content (AvgIpc) is 2.77. The van der Waals surface area contributed by atoms with Gasteiger partial charge in [0, 0.05) is 45.2 Å². The number of benzene rings is 1. The molecule has 2 aliphatic heterocycles. The molecule has 182 valence electrons. The van der Waals surface area contributed by atoms with Crippen LogP contribution in [0.2, 0.25) is 0 Å². The number of hydrogen-bond acceptors (Lipinski definition) is 4. The van der Waals surface area contributed by atoms with Crippen LogP contribution in [0.4, 0.5) is 0 Å². The highest BCUT2D eigenvalue weighted by atomic mass is 127. The first-order valence-electron chi connectivity index (χ1n) is 12.0. The summed E-state index contributed by atoms with van der Waals surface area (Å²) in [6, 6.07) is 8.67. The molecule has 2 N–H and O–H groups in total. The lowest BCUT2D eigenvalue weighted by atomic mass is 9.78. The van der Waals surface area contributed by atoms with Gasteiger partial charge < -0.3 is 20.1 Å². The van der Waals surface area contributed by atoms with E-state index in [1.807, 2.05) is 0 Å². The Labute approximate surface area is 211 Å². The third-order valence-electron chi connectivity index (χ3n) is 6.20. The summed E-state index contributed by atoms with van der Waals surface area (Å²) in [7, 11) is 0. The van der Waals surface area contributed by atoms with Gasteiger partial charge in [0.25, 0.3) is 0 Å². The molecule has 2 unspecified atom stereocenters. The number of hydrogen-bond donors (Lipinski definition) is 2. The number of aliphatic imine (C=N–C) groups is 1. The minimum atomic E-state index is 0. The summed E-state index contributed by atoms with van der Waals surface area (Å²) in [6.07, 6.45) is 2.63. The van der Waals surface area contributed by atoms with Crippen LogP contribution in [0.5, 0.6) is 0 Å². The summed E-state index contributed by atoms with van der Waals surface area (Å²) in [5.74, 6) is 1.40. The monoisotopic (exact) mass is 558 g/mol. The zero-order valence-corrected chi connectivity index (χ0v) is 22.7. The number of morpholine rings is 1. The van der Waals surface area contributed by atoms with Crippen LogP contribution in [-0.2, 0) is 22.6 Å². The summed E-state index contributed by atoms with van der Waals surface area (Å²) in [5.41, 5.74) is 2.80. The molecular formula is C25H43IN4O2. The maximum atomic E-state index is 6.15. The van der Waals surface area contributed by atoms with Gasteiger partial charge in [-0.05, 0) is 36.3 Å². The van der Waals surface area contributed by atoms with Gasteiger partial charge in [-0.3, -0.25) is 4.90 Å². The molecule has 2 fully saturated rings. The zero-order valence-electron chi connectivity index (χ0n) is 20.4. The molecule has 0 radical (unpaired) electrons. The molecule has 2 atom stereocenters. The van der Waals surface area contributed by atoms with E-state index in [0.29, 0.717) is 12.5 Å². The second-order valence-corrected chi connectivity index (χ2v) is 9.79. The van der Waals surface area contributed by atoms with E-state index in [9.17, 15) is 0 Å². The molecule has 1 aromatic rings.